The van der Waals surface area contributed by atoms with Crippen LogP contribution in [0, 0.1) is 0 Å². The molecule has 0 atom stereocenters. The summed E-state index contributed by atoms with van der Waals surface area (Å²) in [5.74, 6) is 2.49. The number of carbonyl (C=O) groups is 1. The molecule has 2 aromatic carbocycles. The van der Waals surface area contributed by atoms with E-state index in [0.717, 1.165) is 25.7 Å². The van der Waals surface area contributed by atoms with Crippen molar-refractivity contribution in [2.45, 2.75) is 63.6 Å². The standard InChI is InChI=1S/C25H30O5/c1-27-21-13-11-17(15-23(21)29-19-7-3-4-8-19)25(26)18-12-14-22(28-2)24(16-18)30-20-9-5-6-10-20/h11-16,19-20H,3-10H2,1-2H3. The zero-order chi connectivity index (χ0) is 20.9. The molecule has 0 radical (unpaired) electrons. The normalized spacial score (nSPS) is 17.1. The number of benzene rings is 2. The van der Waals surface area contributed by atoms with Crippen molar-refractivity contribution in [1.82, 2.24) is 0 Å². The first-order valence-corrected chi connectivity index (χ1v) is 10.9. The molecular formula is C25H30O5. The summed E-state index contributed by atoms with van der Waals surface area (Å²) in [7, 11) is 3.24. The first-order valence-electron chi connectivity index (χ1n) is 10.9. The maximum absolute atomic E-state index is 13.2. The Balaban J connectivity index is 1.58. The molecule has 2 aliphatic carbocycles. The van der Waals surface area contributed by atoms with E-state index in [1.807, 2.05) is 0 Å². The first kappa shape index (κ1) is 20.6. The van der Waals surface area contributed by atoms with Gasteiger partial charge in [0.05, 0.1) is 26.4 Å². The van der Waals surface area contributed by atoms with E-state index in [2.05, 4.69) is 0 Å². The Kier molecular flexibility index (Phi) is 6.46. The molecule has 5 nitrogen and oxygen atoms in total. The lowest BCUT2D eigenvalue weighted by molar-refractivity contribution is 0.103. The molecular weight excluding hydrogens is 380 g/mol. The van der Waals surface area contributed by atoms with Gasteiger partial charge in [0.25, 0.3) is 0 Å². The van der Waals surface area contributed by atoms with E-state index in [9.17, 15) is 4.79 Å². The number of rotatable bonds is 8. The maximum atomic E-state index is 13.2. The van der Waals surface area contributed by atoms with Gasteiger partial charge in [-0.25, -0.2) is 0 Å². The predicted octanol–water partition coefficient (Wildman–Crippen LogP) is 5.58. The third-order valence-corrected chi connectivity index (χ3v) is 6.04. The summed E-state index contributed by atoms with van der Waals surface area (Å²) in [4.78, 5) is 13.2. The van der Waals surface area contributed by atoms with E-state index in [-0.39, 0.29) is 18.0 Å². The lowest BCUT2D eigenvalue weighted by Gasteiger charge is -2.18. The van der Waals surface area contributed by atoms with Crippen molar-refractivity contribution in [1.29, 1.82) is 0 Å². The van der Waals surface area contributed by atoms with Crippen LogP contribution in [0.25, 0.3) is 0 Å². The van der Waals surface area contributed by atoms with Gasteiger partial charge in [0.2, 0.25) is 0 Å². The highest BCUT2D eigenvalue weighted by Crippen LogP contribution is 2.35. The maximum Gasteiger partial charge on any atom is 0.193 e. The molecule has 0 bridgehead atoms. The molecule has 5 heteroatoms. The van der Waals surface area contributed by atoms with Crippen LogP contribution >= 0.6 is 0 Å². The Labute approximate surface area is 178 Å². The highest BCUT2D eigenvalue weighted by Gasteiger charge is 2.22. The number of ketones is 1. The molecule has 160 valence electrons. The Morgan fingerprint density at radius 1 is 0.667 bits per heavy atom. The fraction of sp³-hybridized carbons (Fsp3) is 0.480. The van der Waals surface area contributed by atoms with Crippen LogP contribution in [-0.4, -0.2) is 32.2 Å². The second-order valence-electron chi connectivity index (χ2n) is 8.11. The minimum Gasteiger partial charge on any atom is -0.493 e. The van der Waals surface area contributed by atoms with Crippen molar-refractivity contribution in [2.24, 2.45) is 0 Å². The molecule has 0 saturated heterocycles. The Morgan fingerprint density at radius 2 is 1.07 bits per heavy atom. The van der Waals surface area contributed by atoms with Crippen molar-refractivity contribution in [2.75, 3.05) is 14.2 Å². The zero-order valence-corrected chi connectivity index (χ0v) is 17.8. The second kappa shape index (κ2) is 9.41. The van der Waals surface area contributed by atoms with Crippen LogP contribution in [0.2, 0.25) is 0 Å². The molecule has 0 heterocycles. The average Bonchev–Trinajstić information content (AvgIpc) is 3.47. The minimum absolute atomic E-state index is 0.0761. The lowest BCUT2D eigenvalue weighted by Crippen LogP contribution is -2.13. The van der Waals surface area contributed by atoms with Gasteiger partial charge >= 0.3 is 0 Å². The number of ether oxygens (including phenoxy) is 4. The number of methoxy groups -OCH3 is 2. The molecule has 2 aromatic rings. The van der Waals surface area contributed by atoms with Crippen molar-refractivity contribution < 1.29 is 23.7 Å². The molecule has 2 fully saturated rings. The van der Waals surface area contributed by atoms with E-state index in [1.165, 1.54) is 25.7 Å². The van der Waals surface area contributed by atoms with Gasteiger partial charge in [-0.3, -0.25) is 4.79 Å². The van der Waals surface area contributed by atoms with Crippen LogP contribution < -0.4 is 18.9 Å². The molecule has 0 aliphatic heterocycles. The second-order valence-corrected chi connectivity index (χ2v) is 8.11. The van der Waals surface area contributed by atoms with Gasteiger partial charge in [0, 0.05) is 11.1 Å². The predicted molar refractivity (Wildman–Crippen MR) is 115 cm³/mol. The molecule has 4 rings (SSSR count). The SMILES string of the molecule is COc1ccc(C(=O)c2ccc(OC)c(OC3CCCC3)c2)cc1OC1CCCC1. The Hall–Kier alpha value is -2.69. The highest BCUT2D eigenvalue weighted by atomic mass is 16.5. The molecule has 0 spiro atoms. The monoisotopic (exact) mass is 410 g/mol. The summed E-state index contributed by atoms with van der Waals surface area (Å²) in [5.41, 5.74) is 1.14. The van der Waals surface area contributed by atoms with Crippen LogP contribution in [0.15, 0.2) is 36.4 Å². The van der Waals surface area contributed by atoms with Crippen LogP contribution in [0.4, 0.5) is 0 Å². The fourth-order valence-electron chi connectivity index (χ4n) is 4.36. The summed E-state index contributed by atoms with van der Waals surface area (Å²) >= 11 is 0. The van der Waals surface area contributed by atoms with Gasteiger partial charge in [0.1, 0.15) is 0 Å². The van der Waals surface area contributed by atoms with E-state index in [0.29, 0.717) is 34.1 Å². The van der Waals surface area contributed by atoms with E-state index < -0.39 is 0 Å². The van der Waals surface area contributed by atoms with Crippen molar-refractivity contribution in [3.63, 3.8) is 0 Å². The van der Waals surface area contributed by atoms with E-state index >= 15 is 0 Å². The quantitative estimate of drug-likeness (QED) is 0.532. The molecule has 30 heavy (non-hydrogen) atoms. The average molecular weight is 411 g/mol. The van der Waals surface area contributed by atoms with Crippen LogP contribution in [0.3, 0.4) is 0 Å². The van der Waals surface area contributed by atoms with Gasteiger partial charge in [-0.2, -0.15) is 0 Å². The largest absolute Gasteiger partial charge is 0.493 e. The van der Waals surface area contributed by atoms with Gasteiger partial charge in [-0.05, 0) is 87.8 Å². The molecule has 0 N–H and O–H groups in total. The van der Waals surface area contributed by atoms with Gasteiger partial charge in [0.15, 0.2) is 28.8 Å². The Morgan fingerprint density at radius 3 is 1.43 bits per heavy atom. The molecule has 2 saturated carbocycles. The smallest absolute Gasteiger partial charge is 0.193 e. The summed E-state index contributed by atoms with van der Waals surface area (Å²) in [6, 6.07) is 10.8. The molecule has 0 aromatic heterocycles. The molecule has 0 amide bonds. The molecule has 0 unspecified atom stereocenters. The van der Waals surface area contributed by atoms with Crippen molar-refractivity contribution in [3.8, 4) is 23.0 Å². The van der Waals surface area contributed by atoms with Gasteiger partial charge in [-0.15, -0.1) is 0 Å². The van der Waals surface area contributed by atoms with Crippen LogP contribution in [-0.2, 0) is 0 Å². The van der Waals surface area contributed by atoms with Crippen LogP contribution in [0.5, 0.6) is 23.0 Å². The summed E-state index contributed by atoms with van der Waals surface area (Å²) in [6.45, 7) is 0. The Bertz CT molecular complexity index is 808. The number of carbonyl (C=O) groups excluding carboxylic acids is 1. The number of hydrogen-bond acceptors (Lipinski definition) is 5. The summed E-state index contributed by atoms with van der Waals surface area (Å²) in [5, 5.41) is 0. The van der Waals surface area contributed by atoms with Crippen LogP contribution in [0.1, 0.15) is 67.3 Å². The number of hydrogen-bond donors (Lipinski definition) is 0. The van der Waals surface area contributed by atoms with Gasteiger partial charge < -0.3 is 18.9 Å². The lowest BCUT2D eigenvalue weighted by atomic mass is 10.0. The van der Waals surface area contributed by atoms with Crippen molar-refractivity contribution in [3.05, 3.63) is 47.5 Å². The minimum atomic E-state index is -0.0761. The van der Waals surface area contributed by atoms with E-state index in [4.69, 9.17) is 18.9 Å². The zero-order valence-electron chi connectivity index (χ0n) is 17.8. The van der Waals surface area contributed by atoms with Crippen molar-refractivity contribution >= 4 is 5.78 Å². The summed E-state index contributed by atoms with van der Waals surface area (Å²) in [6.07, 6.45) is 9.28. The third kappa shape index (κ3) is 4.55. The third-order valence-electron chi connectivity index (χ3n) is 6.04. The topological polar surface area (TPSA) is 54.0 Å². The highest BCUT2D eigenvalue weighted by molar-refractivity contribution is 6.09. The van der Waals surface area contributed by atoms with Gasteiger partial charge in [-0.1, -0.05) is 0 Å². The van der Waals surface area contributed by atoms with E-state index in [1.54, 1.807) is 50.6 Å². The summed E-state index contributed by atoms with van der Waals surface area (Å²) < 4.78 is 23.2. The molecule has 2 aliphatic rings. The first-order chi connectivity index (χ1) is 14.7. The fourth-order valence-corrected chi connectivity index (χ4v) is 4.36.